The summed E-state index contributed by atoms with van der Waals surface area (Å²) in [6.45, 7) is 2.18. The van der Waals surface area contributed by atoms with Crippen molar-refractivity contribution in [1.82, 2.24) is 5.16 Å². The zero-order valence-corrected chi connectivity index (χ0v) is 11.1. The quantitative estimate of drug-likeness (QED) is 0.713. The van der Waals surface area contributed by atoms with Gasteiger partial charge in [-0.25, -0.2) is 13.6 Å². The summed E-state index contributed by atoms with van der Waals surface area (Å²) in [5, 5.41) is 11.8. The van der Waals surface area contributed by atoms with Gasteiger partial charge in [0.1, 0.15) is 0 Å². The molecule has 8 heteroatoms. The molecule has 0 atom stereocenters. The Morgan fingerprint density at radius 2 is 2.05 bits per heavy atom. The van der Waals surface area contributed by atoms with E-state index in [4.69, 9.17) is 15.4 Å². The lowest BCUT2D eigenvalue weighted by Gasteiger charge is -2.07. The lowest BCUT2D eigenvalue weighted by Crippen LogP contribution is -2.13. The van der Waals surface area contributed by atoms with Crippen molar-refractivity contribution in [3.8, 4) is 0 Å². The summed E-state index contributed by atoms with van der Waals surface area (Å²) >= 11 is 0. The first-order valence-corrected chi connectivity index (χ1v) is 6.98. The molecule has 7 nitrogen and oxygen atoms in total. The molecular formula is C11H14N4O3S. The highest BCUT2D eigenvalue weighted by molar-refractivity contribution is 7.89. The Morgan fingerprint density at radius 3 is 2.63 bits per heavy atom. The van der Waals surface area contributed by atoms with Crippen molar-refractivity contribution in [1.29, 1.82) is 0 Å². The topological polar surface area (TPSA) is 124 Å². The standard InChI is InChI=1S/C11H14N4O3S/c1-7-2-10(18-15-7)6-14-9-3-8(12)4-11(5-9)19(13,16)17/h2-5,14H,6,12H2,1H3,(H2,13,16,17). The normalized spacial score (nSPS) is 11.5. The highest BCUT2D eigenvalue weighted by Crippen LogP contribution is 2.20. The van der Waals surface area contributed by atoms with Crippen LogP contribution < -0.4 is 16.2 Å². The summed E-state index contributed by atoms with van der Waals surface area (Å²) in [6.07, 6.45) is 0. The molecule has 19 heavy (non-hydrogen) atoms. The summed E-state index contributed by atoms with van der Waals surface area (Å²) in [6, 6.07) is 6.10. The summed E-state index contributed by atoms with van der Waals surface area (Å²) < 4.78 is 27.6. The first-order valence-electron chi connectivity index (χ1n) is 5.44. The van der Waals surface area contributed by atoms with Crippen molar-refractivity contribution in [2.45, 2.75) is 18.4 Å². The summed E-state index contributed by atoms with van der Waals surface area (Å²) in [5.41, 5.74) is 7.25. The lowest BCUT2D eigenvalue weighted by molar-refractivity contribution is 0.384. The minimum atomic E-state index is -3.78. The maximum absolute atomic E-state index is 11.3. The van der Waals surface area contributed by atoms with Gasteiger partial charge >= 0.3 is 0 Å². The fourth-order valence-electron chi connectivity index (χ4n) is 1.58. The van der Waals surface area contributed by atoms with Crippen LogP contribution in [0.25, 0.3) is 0 Å². The Hall–Kier alpha value is -2.06. The van der Waals surface area contributed by atoms with E-state index in [0.717, 1.165) is 5.69 Å². The highest BCUT2D eigenvalue weighted by Gasteiger charge is 2.10. The first kappa shape index (κ1) is 13.4. The monoisotopic (exact) mass is 282 g/mol. The number of nitrogens with zero attached hydrogens (tertiary/aromatic N) is 1. The Balaban J connectivity index is 2.19. The van der Waals surface area contributed by atoms with Gasteiger partial charge in [0.15, 0.2) is 5.76 Å². The second kappa shape index (κ2) is 4.90. The van der Waals surface area contributed by atoms with Gasteiger partial charge in [-0.2, -0.15) is 0 Å². The van der Waals surface area contributed by atoms with Gasteiger partial charge in [-0.3, -0.25) is 0 Å². The van der Waals surface area contributed by atoms with E-state index in [9.17, 15) is 8.42 Å². The second-order valence-corrected chi connectivity index (χ2v) is 5.69. The molecule has 0 fully saturated rings. The van der Waals surface area contributed by atoms with Gasteiger partial charge in [-0.1, -0.05) is 5.16 Å². The molecule has 0 aliphatic rings. The van der Waals surface area contributed by atoms with Crippen LogP contribution in [-0.4, -0.2) is 13.6 Å². The number of rotatable bonds is 4. The Labute approximate surface area is 110 Å². The third-order valence-corrected chi connectivity index (χ3v) is 3.29. The smallest absolute Gasteiger partial charge is 0.238 e. The van der Waals surface area contributed by atoms with Crippen LogP contribution in [0.5, 0.6) is 0 Å². The van der Waals surface area contributed by atoms with E-state index in [0.29, 0.717) is 23.7 Å². The van der Waals surface area contributed by atoms with E-state index in [2.05, 4.69) is 10.5 Å². The molecule has 0 aliphatic carbocycles. The number of aryl methyl sites for hydroxylation is 1. The molecule has 0 unspecified atom stereocenters. The molecule has 5 N–H and O–H groups in total. The minimum Gasteiger partial charge on any atom is -0.399 e. The van der Waals surface area contributed by atoms with Gasteiger partial charge in [-0.15, -0.1) is 0 Å². The van der Waals surface area contributed by atoms with E-state index in [1.807, 2.05) is 6.92 Å². The number of sulfonamides is 1. The lowest BCUT2D eigenvalue weighted by atomic mass is 10.2. The van der Waals surface area contributed by atoms with Crippen molar-refractivity contribution in [3.05, 3.63) is 35.7 Å². The molecule has 1 heterocycles. The van der Waals surface area contributed by atoms with Crippen LogP contribution in [-0.2, 0) is 16.6 Å². The molecule has 2 aromatic rings. The first-order chi connectivity index (χ1) is 8.84. The largest absolute Gasteiger partial charge is 0.399 e. The third-order valence-electron chi connectivity index (χ3n) is 2.40. The molecule has 1 aromatic heterocycles. The van der Waals surface area contributed by atoms with Crippen LogP contribution in [0.15, 0.2) is 33.7 Å². The number of nitrogens with two attached hydrogens (primary N) is 2. The molecule has 0 aliphatic heterocycles. The molecule has 0 bridgehead atoms. The zero-order valence-electron chi connectivity index (χ0n) is 10.3. The number of hydrogen-bond donors (Lipinski definition) is 3. The van der Waals surface area contributed by atoms with Crippen molar-refractivity contribution in [3.63, 3.8) is 0 Å². The third kappa shape index (κ3) is 3.46. The Bertz CT molecular complexity index is 694. The molecule has 1 aromatic carbocycles. The maximum Gasteiger partial charge on any atom is 0.238 e. The predicted octanol–water partition coefficient (Wildman–Crippen LogP) is 0.825. The Kier molecular flexibility index (Phi) is 3.45. The molecule has 0 amide bonds. The summed E-state index contributed by atoms with van der Waals surface area (Å²) in [5.74, 6) is 0.636. The summed E-state index contributed by atoms with van der Waals surface area (Å²) in [7, 11) is -3.78. The van der Waals surface area contributed by atoms with Crippen LogP contribution in [0.4, 0.5) is 11.4 Å². The van der Waals surface area contributed by atoms with Gasteiger partial charge in [0, 0.05) is 17.4 Å². The Morgan fingerprint density at radius 1 is 1.32 bits per heavy atom. The van der Waals surface area contributed by atoms with E-state index >= 15 is 0 Å². The number of anilines is 2. The van der Waals surface area contributed by atoms with Crippen LogP contribution in [0.1, 0.15) is 11.5 Å². The molecule has 2 rings (SSSR count). The number of aromatic nitrogens is 1. The van der Waals surface area contributed by atoms with Crippen LogP contribution in [0.3, 0.4) is 0 Å². The maximum atomic E-state index is 11.3. The van der Waals surface area contributed by atoms with Crippen molar-refractivity contribution >= 4 is 21.4 Å². The van der Waals surface area contributed by atoms with E-state index in [-0.39, 0.29) is 4.90 Å². The summed E-state index contributed by atoms with van der Waals surface area (Å²) in [4.78, 5) is -0.0382. The van der Waals surface area contributed by atoms with Crippen LogP contribution in [0.2, 0.25) is 0 Å². The zero-order chi connectivity index (χ0) is 14.0. The van der Waals surface area contributed by atoms with Crippen LogP contribution in [0, 0.1) is 6.92 Å². The SMILES string of the molecule is Cc1cc(CNc2cc(N)cc(S(N)(=O)=O)c2)on1. The number of benzene rings is 1. The average Bonchev–Trinajstić information content (AvgIpc) is 2.71. The van der Waals surface area contributed by atoms with Crippen molar-refractivity contribution in [2.75, 3.05) is 11.1 Å². The van der Waals surface area contributed by atoms with Crippen molar-refractivity contribution in [2.24, 2.45) is 5.14 Å². The van der Waals surface area contributed by atoms with Crippen LogP contribution >= 0.6 is 0 Å². The van der Waals surface area contributed by atoms with Gasteiger partial charge < -0.3 is 15.6 Å². The van der Waals surface area contributed by atoms with Gasteiger partial charge in [-0.05, 0) is 25.1 Å². The van der Waals surface area contributed by atoms with E-state index < -0.39 is 10.0 Å². The fraction of sp³-hybridized carbons (Fsp3) is 0.182. The molecule has 0 radical (unpaired) electrons. The average molecular weight is 282 g/mol. The molecule has 102 valence electrons. The number of nitrogens with one attached hydrogen (secondary N) is 1. The van der Waals surface area contributed by atoms with Gasteiger partial charge in [0.25, 0.3) is 0 Å². The van der Waals surface area contributed by atoms with Gasteiger partial charge in [0.2, 0.25) is 10.0 Å². The second-order valence-electron chi connectivity index (χ2n) is 4.12. The molecule has 0 spiro atoms. The molecule has 0 saturated heterocycles. The molecule has 0 saturated carbocycles. The number of nitrogen functional groups attached to an aromatic ring is 1. The fourth-order valence-corrected chi connectivity index (χ4v) is 2.17. The minimum absolute atomic E-state index is 0.0382. The highest BCUT2D eigenvalue weighted by atomic mass is 32.2. The van der Waals surface area contributed by atoms with Crippen molar-refractivity contribution < 1.29 is 12.9 Å². The number of hydrogen-bond acceptors (Lipinski definition) is 6. The van der Waals surface area contributed by atoms with E-state index in [1.54, 1.807) is 12.1 Å². The predicted molar refractivity (Wildman–Crippen MR) is 70.8 cm³/mol. The van der Waals surface area contributed by atoms with Gasteiger partial charge in [0.05, 0.1) is 17.1 Å². The van der Waals surface area contributed by atoms with E-state index in [1.165, 1.54) is 12.1 Å². The number of primary sulfonamides is 1. The molecular weight excluding hydrogens is 268 g/mol.